The molecule has 0 saturated heterocycles. The van der Waals surface area contributed by atoms with E-state index in [-0.39, 0.29) is 17.9 Å². The zero-order chi connectivity index (χ0) is 19.7. The zero-order valence-corrected chi connectivity index (χ0v) is 17.2. The predicted octanol–water partition coefficient (Wildman–Crippen LogP) is 2.80. The maximum absolute atomic E-state index is 11.0. The molecule has 0 bridgehead atoms. The molecule has 0 radical (unpaired) electrons. The van der Waals surface area contributed by atoms with Gasteiger partial charge in [0.2, 0.25) is 0 Å². The van der Waals surface area contributed by atoms with Crippen molar-refractivity contribution >= 4 is 5.78 Å². The molecule has 1 fully saturated rings. The second-order valence-electron chi connectivity index (χ2n) is 8.12. The summed E-state index contributed by atoms with van der Waals surface area (Å²) in [7, 11) is 4.32. The predicted molar refractivity (Wildman–Crippen MR) is 109 cm³/mol. The molecule has 0 aliphatic heterocycles. The van der Waals surface area contributed by atoms with Gasteiger partial charge in [-0.2, -0.15) is 0 Å². The van der Waals surface area contributed by atoms with Gasteiger partial charge in [-0.15, -0.1) is 0 Å². The van der Waals surface area contributed by atoms with Crippen LogP contribution in [-0.2, 0) is 11.2 Å². The third kappa shape index (κ3) is 7.24. The first-order valence-electron chi connectivity index (χ1n) is 10.2. The molecule has 2 rings (SSSR count). The largest absolute Gasteiger partial charge is 0.491 e. The summed E-state index contributed by atoms with van der Waals surface area (Å²) < 4.78 is 5.70. The Hall–Kier alpha value is -1.43. The van der Waals surface area contributed by atoms with E-state index >= 15 is 0 Å². The fourth-order valence-electron chi connectivity index (χ4n) is 3.79. The molecule has 1 aromatic rings. The SMILES string of the molecule is CC(=O)CCc1ccc(OC[C@@H](O)CNCC2(N(C)C)CCCCC2)cc1. The number of carbonyl (C=O) groups excluding carboxylic acids is 1. The normalized spacial score (nSPS) is 17.7. The number of hydrogen-bond donors (Lipinski definition) is 2. The highest BCUT2D eigenvalue weighted by Crippen LogP contribution is 2.31. The van der Waals surface area contributed by atoms with Gasteiger partial charge in [-0.05, 0) is 58.0 Å². The molecule has 0 spiro atoms. The minimum absolute atomic E-state index is 0.204. The summed E-state index contributed by atoms with van der Waals surface area (Å²) in [5.41, 5.74) is 1.34. The van der Waals surface area contributed by atoms with Crippen molar-refractivity contribution in [2.45, 2.75) is 63.5 Å². The molecule has 5 heteroatoms. The maximum Gasteiger partial charge on any atom is 0.130 e. The Morgan fingerprint density at radius 1 is 1.22 bits per heavy atom. The van der Waals surface area contributed by atoms with Crippen LogP contribution < -0.4 is 10.1 Å². The van der Waals surface area contributed by atoms with Crippen molar-refractivity contribution in [1.82, 2.24) is 10.2 Å². The number of aliphatic hydroxyl groups excluding tert-OH is 1. The molecule has 1 saturated carbocycles. The van der Waals surface area contributed by atoms with Crippen molar-refractivity contribution in [3.8, 4) is 5.75 Å². The monoisotopic (exact) mass is 376 g/mol. The Balaban J connectivity index is 1.69. The third-order valence-corrected chi connectivity index (χ3v) is 5.70. The van der Waals surface area contributed by atoms with Gasteiger partial charge >= 0.3 is 0 Å². The van der Waals surface area contributed by atoms with Gasteiger partial charge in [0, 0.05) is 25.0 Å². The molecule has 1 atom stereocenters. The van der Waals surface area contributed by atoms with E-state index in [0.29, 0.717) is 13.0 Å². The Labute approximate surface area is 164 Å². The number of ether oxygens (including phenoxy) is 1. The number of benzene rings is 1. The number of likely N-dealkylation sites (N-methyl/N-ethyl adjacent to an activating group) is 1. The molecular weight excluding hydrogens is 340 g/mol. The van der Waals surface area contributed by atoms with E-state index in [0.717, 1.165) is 24.3 Å². The van der Waals surface area contributed by atoms with Gasteiger partial charge in [0.15, 0.2) is 0 Å². The highest BCUT2D eigenvalue weighted by molar-refractivity contribution is 5.75. The van der Waals surface area contributed by atoms with Crippen molar-refractivity contribution in [2.75, 3.05) is 33.8 Å². The molecule has 2 N–H and O–H groups in total. The summed E-state index contributed by atoms with van der Waals surface area (Å²) in [5.74, 6) is 0.952. The van der Waals surface area contributed by atoms with Crippen molar-refractivity contribution in [2.24, 2.45) is 0 Å². The molecule has 1 aromatic carbocycles. The first-order chi connectivity index (χ1) is 12.9. The van der Waals surface area contributed by atoms with Gasteiger partial charge in [-0.1, -0.05) is 31.4 Å². The lowest BCUT2D eigenvalue weighted by atomic mass is 9.80. The molecular formula is C22H36N2O3. The van der Waals surface area contributed by atoms with E-state index < -0.39 is 6.10 Å². The van der Waals surface area contributed by atoms with Crippen molar-refractivity contribution in [3.63, 3.8) is 0 Å². The second-order valence-corrected chi connectivity index (χ2v) is 8.12. The highest BCUT2D eigenvalue weighted by atomic mass is 16.5. The van der Waals surface area contributed by atoms with Gasteiger partial charge in [0.1, 0.15) is 24.2 Å². The number of nitrogens with zero attached hydrogens (tertiary/aromatic N) is 1. The quantitative estimate of drug-likeness (QED) is 0.622. The first-order valence-corrected chi connectivity index (χ1v) is 10.2. The summed E-state index contributed by atoms with van der Waals surface area (Å²) in [6, 6.07) is 7.76. The van der Waals surface area contributed by atoms with Crippen LogP contribution >= 0.6 is 0 Å². The number of aliphatic hydroxyl groups is 1. The van der Waals surface area contributed by atoms with Gasteiger partial charge < -0.3 is 24.9 Å². The second kappa shape index (κ2) is 10.8. The van der Waals surface area contributed by atoms with Crippen LogP contribution in [0.3, 0.4) is 0 Å². The average molecular weight is 377 g/mol. The van der Waals surface area contributed by atoms with E-state index in [9.17, 15) is 9.90 Å². The number of ketones is 1. The Bertz CT molecular complexity index is 565. The summed E-state index contributed by atoms with van der Waals surface area (Å²) in [6.07, 6.45) is 7.13. The van der Waals surface area contributed by atoms with Crippen molar-refractivity contribution in [1.29, 1.82) is 0 Å². The van der Waals surface area contributed by atoms with Crippen LogP contribution in [0, 0.1) is 0 Å². The zero-order valence-electron chi connectivity index (χ0n) is 17.2. The van der Waals surface area contributed by atoms with E-state index in [2.05, 4.69) is 24.3 Å². The van der Waals surface area contributed by atoms with E-state index in [1.165, 1.54) is 32.1 Å². The molecule has 0 amide bonds. The minimum Gasteiger partial charge on any atom is -0.491 e. The lowest BCUT2D eigenvalue weighted by Gasteiger charge is -2.43. The van der Waals surface area contributed by atoms with Crippen molar-refractivity contribution in [3.05, 3.63) is 29.8 Å². The Kier molecular flexibility index (Phi) is 8.74. The van der Waals surface area contributed by atoms with Crippen LogP contribution in [0.2, 0.25) is 0 Å². The van der Waals surface area contributed by atoms with Crippen LogP contribution in [0.4, 0.5) is 0 Å². The lowest BCUT2D eigenvalue weighted by molar-refractivity contribution is -0.116. The number of rotatable bonds is 11. The number of carbonyl (C=O) groups is 1. The van der Waals surface area contributed by atoms with Gasteiger partial charge in [-0.25, -0.2) is 0 Å². The van der Waals surface area contributed by atoms with Gasteiger partial charge in [0.05, 0.1) is 0 Å². The molecule has 152 valence electrons. The minimum atomic E-state index is -0.537. The standard InChI is InChI=1S/C22H36N2O3/c1-18(25)7-8-19-9-11-21(12-10-19)27-16-20(26)15-23-17-22(24(2)3)13-5-4-6-14-22/h9-12,20,23,26H,4-8,13-17H2,1-3H3/t20-/m0/s1. The van der Waals surface area contributed by atoms with Crippen LogP contribution in [0.5, 0.6) is 5.75 Å². The average Bonchev–Trinajstić information content (AvgIpc) is 2.66. The molecule has 1 aliphatic carbocycles. The lowest BCUT2D eigenvalue weighted by Crippen LogP contribution is -2.53. The van der Waals surface area contributed by atoms with Gasteiger partial charge in [0.25, 0.3) is 0 Å². The number of nitrogens with one attached hydrogen (secondary N) is 1. The Morgan fingerprint density at radius 3 is 2.48 bits per heavy atom. The summed E-state index contributed by atoms with van der Waals surface area (Å²) in [6.45, 7) is 3.32. The maximum atomic E-state index is 11.0. The van der Waals surface area contributed by atoms with E-state index in [4.69, 9.17) is 4.74 Å². The van der Waals surface area contributed by atoms with Crippen LogP contribution in [-0.4, -0.2) is 61.2 Å². The molecule has 0 unspecified atom stereocenters. The number of hydrogen-bond acceptors (Lipinski definition) is 5. The van der Waals surface area contributed by atoms with Crippen molar-refractivity contribution < 1.29 is 14.6 Å². The summed E-state index contributed by atoms with van der Waals surface area (Å²) >= 11 is 0. The fourth-order valence-corrected chi connectivity index (χ4v) is 3.79. The van der Waals surface area contributed by atoms with E-state index in [1.807, 2.05) is 24.3 Å². The molecule has 1 aliphatic rings. The summed E-state index contributed by atoms with van der Waals surface area (Å²) in [5, 5.41) is 13.7. The number of aryl methyl sites for hydroxylation is 1. The molecule has 0 heterocycles. The van der Waals surface area contributed by atoms with Crippen LogP contribution in [0.1, 0.15) is 51.0 Å². The topological polar surface area (TPSA) is 61.8 Å². The van der Waals surface area contributed by atoms with E-state index in [1.54, 1.807) is 6.92 Å². The highest BCUT2D eigenvalue weighted by Gasteiger charge is 2.33. The van der Waals surface area contributed by atoms with Crippen LogP contribution in [0.25, 0.3) is 0 Å². The smallest absolute Gasteiger partial charge is 0.130 e. The molecule has 5 nitrogen and oxygen atoms in total. The molecule has 0 aromatic heterocycles. The first kappa shape index (κ1) is 21.9. The van der Waals surface area contributed by atoms with Gasteiger partial charge in [-0.3, -0.25) is 0 Å². The summed E-state index contributed by atoms with van der Waals surface area (Å²) in [4.78, 5) is 13.4. The van der Waals surface area contributed by atoms with Crippen LogP contribution in [0.15, 0.2) is 24.3 Å². The molecule has 27 heavy (non-hydrogen) atoms. The number of Topliss-reactive ketones (excluding diaryl/α,β-unsaturated/α-hetero) is 1. The Morgan fingerprint density at radius 2 is 1.89 bits per heavy atom. The fraction of sp³-hybridized carbons (Fsp3) is 0.682. The third-order valence-electron chi connectivity index (χ3n) is 5.70.